The molecule has 15 heteroatoms. The number of benzene rings is 6. The van der Waals surface area contributed by atoms with E-state index in [0.29, 0.717) is 6.61 Å². The van der Waals surface area contributed by atoms with Gasteiger partial charge in [0.1, 0.15) is 61.8 Å². The van der Waals surface area contributed by atoms with Crippen LogP contribution in [0.5, 0.6) is 0 Å². The zero-order valence-electron chi connectivity index (χ0n) is 43.3. The Morgan fingerprint density at radius 2 is 0.948 bits per heavy atom. The lowest BCUT2D eigenvalue weighted by molar-refractivity contribution is -0.332. The predicted octanol–water partition coefficient (Wildman–Crippen LogP) is 9.86. The number of carbonyl (C=O) groups is 1. The summed E-state index contributed by atoms with van der Waals surface area (Å²) in [5, 5.41) is 0.0552. The predicted molar refractivity (Wildman–Crippen MR) is 291 cm³/mol. The summed E-state index contributed by atoms with van der Waals surface area (Å²) in [6, 6.07) is 59.4. The first kappa shape index (κ1) is 55.3. The first-order valence-corrected chi connectivity index (χ1v) is 26.4. The molecule has 7 aromatic rings. The number of methoxy groups -OCH3 is 1. The van der Waals surface area contributed by atoms with Crippen LogP contribution in [0.15, 0.2) is 201 Å². The average molecular weight is 1060 g/mol. The number of ether oxygens (including phenoxy) is 11. The van der Waals surface area contributed by atoms with Crippen LogP contribution >= 0.6 is 12.2 Å². The number of hydrogen-bond acceptors (Lipinski definition) is 14. The van der Waals surface area contributed by atoms with E-state index in [9.17, 15) is 4.79 Å². The van der Waals surface area contributed by atoms with Crippen LogP contribution in [0.4, 0.5) is 0 Å². The number of thiocarbonyl (C=S) groups is 1. The minimum atomic E-state index is -1.14. The maximum absolute atomic E-state index is 12.7. The molecule has 0 bridgehead atoms. The second-order valence-corrected chi connectivity index (χ2v) is 19.3. The van der Waals surface area contributed by atoms with Crippen molar-refractivity contribution in [3.63, 3.8) is 0 Å². The Labute approximate surface area is 456 Å². The molecule has 77 heavy (non-hydrogen) atoms. The molecule has 3 heterocycles. The van der Waals surface area contributed by atoms with Crippen LogP contribution in [0.3, 0.4) is 0 Å². The molecule has 11 atom stereocenters. The van der Waals surface area contributed by atoms with Crippen molar-refractivity contribution in [1.82, 2.24) is 9.55 Å². The molecule has 0 N–H and O–H groups in total. The molecule has 0 saturated carbocycles. The molecule has 1 aromatic heterocycles. The fourth-order valence-electron chi connectivity index (χ4n) is 9.78. The molecular formula is C62H66N2O12S. The Morgan fingerprint density at radius 1 is 0.532 bits per heavy atom. The van der Waals surface area contributed by atoms with E-state index in [4.69, 9.17) is 64.3 Å². The van der Waals surface area contributed by atoms with Gasteiger partial charge in [0.25, 0.3) is 5.17 Å². The minimum Gasteiger partial charge on any atom is -0.464 e. The third kappa shape index (κ3) is 15.6. The third-order valence-corrected chi connectivity index (χ3v) is 13.8. The molecule has 2 saturated heterocycles. The quantitative estimate of drug-likeness (QED) is 0.0397. The second-order valence-electron chi connectivity index (χ2n) is 18.9. The molecule has 402 valence electrons. The molecule has 14 nitrogen and oxygen atoms in total. The number of aromatic nitrogens is 2. The lowest BCUT2D eigenvalue weighted by atomic mass is 9.78. The number of rotatable bonds is 25. The van der Waals surface area contributed by atoms with Crippen molar-refractivity contribution < 1.29 is 56.9 Å². The summed E-state index contributed by atoms with van der Waals surface area (Å²) >= 11 is 6.23. The van der Waals surface area contributed by atoms with E-state index in [2.05, 4.69) is 4.98 Å². The fraction of sp³-hybridized carbons (Fsp3) is 0.339. The summed E-state index contributed by atoms with van der Waals surface area (Å²) in [5.74, 6) is -1.39. The van der Waals surface area contributed by atoms with E-state index in [1.165, 1.54) is 6.92 Å². The Bertz CT molecular complexity index is 2790. The largest absolute Gasteiger partial charge is 0.464 e. The van der Waals surface area contributed by atoms with Gasteiger partial charge in [0, 0.05) is 26.4 Å². The molecule has 9 rings (SSSR count). The van der Waals surface area contributed by atoms with E-state index >= 15 is 0 Å². The van der Waals surface area contributed by atoms with Gasteiger partial charge in [0.2, 0.25) is 0 Å². The minimum absolute atomic E-state index is 0.0552. The standard InChI is InChI=1S/C62H66N2O12S/c1-44(65)68-42-52-54(69-36-46-23-11-4-12-24-46)53(57(61(66-2)75-52)71-38-48-27-15-6-16-28-48)56(76-62(77)64-34-33-63-43-64)60-59(73-40-50-31-19-8-20-32-50)58(72-39-49-29-17-7-18-30-49)55(70-37-47-25-13-5-14-26-47)51(74-60)41-67-35-45-21-9-3-10-22-45/h3-34,43,51-61H,35-42H2,1-2H3/t51-,52-,53-,54-,55-,56?,57+,58+,59+,60-,61+/m1/s1. The highest BCUT2D eigenvalue weighted by atomic mass is 32.1. The molecule has 0 spiro atoms. The van der Waals surface area contributed by atoms with Crippen molar-refractivity contribution >= 4 is 23.4 Å². The van der Waals surface area contributed by atoms with Crippen LogP contribution in [-0.2, 0) is 96.5 Å². The highest BCUT2D eigenvalue weighted by molar-refractivity contribution is 7.80. The van der Waals surface area contributed by atoms with Crippen LogP contribution in [0, 0.1) is 5.92 Å². The number of esters is 1. The SMILES string of the molecule is CO[C@H]1O[C@H](COC(C)=O)[C@@H](OCc2ccccc2)[C@H](C(OC(=S)n2ccnc2)[C@H]2O[C@H](COCc3ccccc3)[C@@H](OCc3ccccc3)[C@H](OCc3ccccc3)[C@@H]2OCc2ccccc2)[C@@H]1OCc1ccccc1. The monoisotopic (exact) mass is 1060 g/mol. The van der Waals surface area contributed by atoms with E-state index in [-0.39, 0.29) is 51.4 Å². The maximum atomic E-state index is 12.7. The smallest absolute Gasteiger partial charge is 0.302 e. The second kappa shape index (κ2) is 28.8. The summed E-state index contributed by atoms with van der Waals surface area (Å²) in [4.78, 5) is 17.0. The summed E-state index contributed by atoms with van der Waals surface area (Å²) in [6.45, 7) is 2.40. The van der Waals surface area contributed by atoms with Gasteiger partial charge >= 0.3 is 5.97 Å². The van der Waals surface area contributed by atoms with Gasteiger partial charge in [-0.2, -0.15) is 0 Å². The van der Waals surface area contributed by atoms with Gasteiger partial charge in [-0.05, 0) is 45.6 Å². The fourth-order valence-corrected chi connectivity index (χ4v) is 10.00. The molecule has 0 radical (unpaired) electrons. The number of carbonyl (C=O) groups excluding carboxylic acids is 1. The Balaban J connectivity index is 1.22. The normalized spacial score (nSPS) is 23.7. The van der Waals surface area contributed by atoms with Crippen molar-refractivity contribution in [3.8, 4) is 0 Å². The van der Waals surface area contributed by atoms with Crippen LogP contribution in [0.25, 0.3) is 0 Å². The van der Waals surface area contributed by atoms with Crippen LogP contribution in [0.1, 0.15) is 40.3 Å². The van der Waals surface area contributed by atoms with E-state index < -0.39 is 73.1 Å². The molecule has 6 aromatic carbocycles. The van der Waals surface area contributed by atoms with Gasteiger partial charge in [-0.15, -0.1) is 0 Å². The summed E-state index contributed by atoms with van der Waals surface area (Å²) in [7, 11) is 1.55. The molecule has 0 amide bonds. The zero-order valence-corrected chi connectivity index (χ0v) is 44.1. The highest BCUT2D eigenvalue weighted by Crippen LogP contribution is 2.42. The highest BCUT2D eigenvalue weighted by Gasteiger charge is 2.59. The molecule has 0 aliphatic carbocycles. The van der Waals surface area contributed by atoms with Crippen molar-refractivity contribution in [2.75, 3.05) is 20.3 Å². The van der Waals surface area contributed by atoms with E-state index in [1.54, 1.807) is 30.4 Å². The zero-order chi connectivity index (χ0) is 53.0. The van der Waals surface area contributed by atoms with Crippen molar-refractivity contribution in [2.24, 2.45) is 5.92 Å². The molecule has 1 unspecified atom stereocenters. The van der Waals surface area contributed by atoms with Gasteiger partial charge in [-0.3, -0.25) is 9.36 Å². The molecule has 2 aliphatic rings. The lowest BCUT2D eigenvalue weighted by Gasteiger charge is -2.53. The Morgan fingerprint density at radius 3 is 1.39 bits per heavy atom. The molecular weight excluding hydrogens is 997 g/mol. The van der Waals surface area contributed by atoms with Gasteiger partial charge in [0.05, 0.1) is 58.3 Å². The summed E-state index contributed by atoms with van der Waals surface area (Å²) in [5.41, 5.74) is 5.58. The molecule has 2 fully saturated rings. The Kier molecular flexibility index (Phi) is 20.7. The van der Waals surface area contributed by atoms with Crippen molar-refractivity contribution in [1.29, 1.82) is 0 Å². The Hall–Kier alpha value is -6.47. The first-order valence-electron chi connectivity index (χ1n) is 26.0. The van der Waals surface area contributed by atoms with E-state index in [0.717, 1.165) is 33.4 Å². The number of hydrogen-bond donors (Lipinski definition) is 0. The van der Waals surface area contributed by atoms with Gasteiger partial charge in [0.15, 0.2) is 6.29 Å². The van der Waals surface area contributed by atoms with Crippen LogP contribution in [-0.4, -0.2) is 102 Å². The number of imidazole rings is 1. The number of nitrogens with zero attached hydrogens (tertiary/aromatic N) is 2. The van der Waals surface area contributed by atoms with E-state index in [1.807, 2.05) is 182 Å². The first-order chi connectivity index (χ1) is 37.9. The average Bonchev–Trinajstić information content (AvgIpc) is 4.06. The lowest BCUT2D eigenvalue weighted by Crippen LogP contribution is -2.69. The third-order valence-electron chi connectivity index (χ3n) is 13.5. The summed E-state index contributed by atoms with van der Waals surface area (Å²) in [6.07, 6.45) is -4.56. The van der Waals surface area contributed by atoms with Crippen LogP contribution < -0.4 is 0 Å². The van der Waals surface area contributed by atoms with Gasteiger partial charge < -0.3 is 52.1 Å². The molecule has 2 aliphatic heterocycles. The van der Waals surface area contributed by atoms with Crippen molar-refractivity contribution in [2.45, 2.75) is 108 Å². The van der Waals surface area contributed by atoms with Crippen molar-refractivity contribution in [3.05, 3.63) is 234 Å². The van der Waals surface area contributed by atoms with Crippen LogP contribution in [0.2, 0.25) is 0 Å². The van der Waals surface area contributed by atoms with Gasteiger partial charge in [-0.1, -0.05) is 182 Å². The topological polar surface area (TPSA) is 136 Å². The van der Waals surface area contributed by atoms with Gasteiger partial charge in [-0.25, -0.2) is 4.98 Å². The maximum Gasteiger partial charge on any atom is 0.302 e. The summed E-state index contributed by atoms with van der Waals surface area (Å²) < 4.78 is 77.8.